The van der Waals surface area contributed by atoms with Gasteiger partial charge >= 0.3 is 0 Å². The number of hydrogen-bond donors (Lipinski definition) is 1. The molecule has 1 N–H and O–H groups in total. The van der Waals surface area contributed by atoms with Crippen molar-refractivity contribution in [2.75, 3.05) is 33.4 Å². The average molecular weight is 500 g/mol. The zero-order chi connectivity index (χ0) is 15.9. The fourth-order valence-electron chi connectivity index (χ4n) is 2.50. The molecule has 4 nitrogen and oxygen atoms in total. The monoisotopic (exact) mass is 499 g/mol. The Morgan fingerprint density at radius 1 is 1.52 bits per heavy atom. The molecule has 7 heteroatoms. The van der Waals surface area contributed by atoms with Gasteiger partial charge in [0, 0.05) is 37.1 Å². The van der Waals surface area contributed by atoms with Crippen LogP contribution in [0.4, 0.5) is 4.39 Å². The maximum absolute atomic E-state index is 13.3. The molecule has 1 fully saturated rings. The van der Waals surface area contributed by atoms with Crippen LogP contribution in [0.5, 0.6) is 0 Å². The molecule has 0 aliphatic carbocycles. The Bertz CT molecular complexity index is 524. The Kier molecular flexibility index (Phi) is 9.38. The van der Waals surface area contributed by atoms with Gasteiger partial charge in [0.25, 0.3) is 0 Å². The molecule has 0 saturated carbocycles. The van der Waals surface area contributed by atoms with E-state index in [2.05, 4.69) is 31.1 Å². The maximum Gasteiger partial charge on any atom is 0.193 e. The summed E-state index contributed by atoms with van der Waals surface area (Å²) in [5.74, 6) is 1.15. The third kappa shape index (κ3) is 6.54. The van der Waals surface area contributed by atoms with E-state index in [1.807, 2.05) is 14.0 Å². The fraction of sp³-hybridized carbons (Fsp3) is 0.562. The molecule has 0 amide bonds. The summed E-state index contributed by atoms with van der Waals surface area (Å²) < 4.78 is 19.6. The van der Waals surface area contributed by atoms with Crippen molar-refractivity contribution in [1.82, 2.24) is 10.2 Å². The predicted molar refractivity (Wildman–Crippen MR) is 106 cm³/mol. The quantitative estimate of drug-likeness (QED) is 0.382. The number of nitrogens with one attached hydrogen (secondary N) is 1. The van der Waals surface area contributed by atoms with Gasteiger partial charge in [-0.2, -0.15) is 0 Å². The minimum Gasteiger partial charge on any atom is -0.381 e. The van der Waals surface area contributed by atoms with Gasteiger partial charge in [-0.05, 0) is 37.1 Å². The number of ether oxygens (including phenoxy) is 1. The molecule has 1 heterocycles. The topological polar surface area (TPSA) is 36.9 Å². The van der Waals surface area contributed by atoms with E-state index in [9.17, 15) is 4.39 Å². The van der Waals surface area contributed by atoms with Gasteiger partial charge < -0.3 is 15.0 Å². The summed E-state index contributed by atoms with van der Waals surface area (Å²) in [4.78, 5) is 6.74. The molecule has 0 spiro atoms. The van der Waals surface area contributed by atoms with Gasteiger partial charge in [-0.15, -0.1) is 24.0 Å². The van der Waals surface area contributed by atoms with E-state index in [0.717, 1.165) is 48.7 Å². The third-order valence-corrected chi connectivity index (χ3v) is 4.43. The molecule has 1 aliphatic rings. The Labute approximate surface area is 163 Å². The molecule has 23 heavy (non-hydrogen) atoms. The molecule has 1 aliphatic heterocycles. The Morgan fingerprint density at radius 2 is 2.30 bits per heavy atom. The minimum atomic E-state index is -0.241. The molecular formula is C16H24BrFIN3O. The molecule has 130 valence electrons. The van der Waals surface area contributed by atoms with Crippen LogP contribution >= 0.6 is 39.9 Å². The lowest BCUT2D eigenvalue weighted by atomic mass is 10.1. The van der Waals surface area contributed by atoms with Gasteiger partial charge in [0.15, 0.2) is 5.96 Å². The Morgan fingerprint density at radius 3 is 2.96 bits per heavy atom. The van der Waals surface area contributed by atoms with Gasteiger partial charge in [0.2, 0.25) is 0 Å². The van der Waals surface area contributed by atoms with Gasteiger partial charge in [-0.1, -0.05) is 15.9 Å². The van der Waals surface area contributed by atoms with Crippen molar-refractivity contribution in [2.45, 2.75) is 19.9 Å². The molecule has 2 rings (SSSR count). The molecule has 1 aromatic carbocycles. The second kappa shape index (κ2) is 10.5. The van der Waals surface area contributed by atoms with Crippen LogP contribution in [0, 0.1) is 11.7 Å². The van der Waals surface area contributed by atoms with Crippen molar-refractivity contribution in [3.8, 4) is 0 Å². The SMILES string of the molecule is CCNC(=NCc1cc(F)ccc1Br)N(C)CC1CCOC1.I. The number of nitrogens with zero attached hydrogens (tertiary/aromatic N) is 2. The van der Waals surface area contributed by atoms with Gasteiger partial charge in [-0.25, -0.2) is 9.38 Å². The summed E-state index contributed by atoms with van der Waals surface area (Å²) in [5.41, 5.74) is 0.841. The van der Waals surface area contributed by atoms with Gasteiger partial charge in [-0.3, -0.25) is 0 Å². The molecule has 1 atom stereocenters. The highest BCUT2D eigenvalue weighted by molar-refractivity contribution is 14.0. The molecule has 0 bridgehead atoms. The van der Waals surface area contributed by atoms with Crippen LogP contribution < -0.4 is 5.32 Å². The molecule has 0 radical (unpaired) electrons. The summed E-state index contributed by atoms with van der Waals surface area (Å²) in [6.45, 7) is 5.86. The van der Waals surface area contributed by atoms with Crippen molar-refractivity contribution >= 4 is 45.9 Å². The second-order valence-corrected chi connectivity index (χ2v) is 6.37. The number of benzene rings is 1. The Balaban J connectivity index is 0.00000264. The number of halogens is 3. The van der Waals surface area contributed by atoms with E-state index in [-0.39, 0.29) is 29.8 Å². The summed E-state index contributed by atoms with van der Waals surface area (Å²) >= 11 is 3.44. The molecular weight excluding hydrogens is 476 g/mol. The Hall–Kier alpha value is -0.410. The van der Waals surface area contributed by atoms with Crippen LogP contribution in [-0.2, 0) is 11.3 Å². The summed E-state index contributed by atoms with van der Waals surface area (Å²) in [5, 5.41) is 3.29. The number of aliphatic imine (C=N–C) groups is 1. The standard InChI is InChI=1S/C16H23BrFN3O.HI/c1-3-19-16(21(2)10-12-6-7-22-11-12)20-9-13-8-14(18)4-5-15(13)17;/h4-5,8,12H,3,6-7,9-11H2,1-2H3,(H,19,20);1H. The van der Waals surface area contributed by atoms with E-state index in [0.29, 0.717) is 12.5 Å². The van der Waals surface area contributed by atoms with E-state index >= 15 is 0 Å². The first-order chi connectivity index (χ1) is 10.6. The molecule has 1 unspecified atom stereocenters. The number of guanidine groups is 1. The predicted octanol–water partition coefficient (Wildman–Crippen LogP) is 3.64. The van der Waals surface area contributed by atoms with Gasteiger partial charge in [0.05, 0.1) is 13.2 Å². The highest BCUT2D eigenvalue weighted by atomic mass is 127. The summed E-state index contributed by atoms with van der Waals surface area (Å²) in [6.07, 6.45) is 1.10. The van der Waals surface area contributed by atoms with Crippen molar-refractivity contribution < 1.29 is 9.13 Å². The maximum atomic E-state index is 13.3. The van der Waals surface area contributed by atoms with Crippen LogP contribution in [0.25, 0.3) is 0 Å². The van der Waals surface area contributed by atoms with Crippen molar-refractivity contribution in [3.63, 3.8) is 0 Å². The van der Waals surface area contributed by atoms with Crippen LogP contribution in [0.15, 0.2) is 27.7 Å². The van der Waals surface area contributed by atoms with E-state index in [4.69, 9.17) is 4.74 Å². The normalized spacial score (nSPS) is 17.7. The van der Waals surface area contributed by atoms with Crippen molar-refractivity contribution in [1.29, 1.82) is 0 Å². The van der Waals surface area contributed by atoms with Crippen LogP contribution in [0.2, 0.25) is 0 Å². The first-order valence-corrected chi connectivity index (χ1v) is 8.40. The summed E-state index contributed by atoms with van der Waals surface area (Å²) in [6, 6.07) is 4.67. The smallest absolute Gasteiger partial charge is 0.193 e. The molecule has 1 aromatic rings. The van der Waals surface area contributed by atoms with Crippen LogP contribution in [-0.4, -0.2) is 44.2 Å². The minimum absolute atomic E-state index is 0. The van der Waals surface area contributed by atoms with Gasteiger partial charge in [0.1, 0.15) is 5.82 Å². The zero-order valence-corrected chi connectivity index (χ0v) is 17.4. The van der Waals surface area contributed by atoms with Crippen molar-refractivity contribution in [2.24, 2.45) is 10.9 Å². The zero-order valence-electron chi connectivity index (χ0n) is 13.5. The lowest BCUT2D eigenvalue weighted by molar-refractivity contribution is 0.181. The van der Waals surface area contributed by atoms with Crippen molar-refractivity contribution in [3.05, 3.63) is 34.1 Å². The largest absolute Gasteiger partial charge is 0.381 e. The second-order valence-electron chi connectivity index (χ2n) is 5.52. The first kappa shape index (κ1) is 20.6. The highest BCUT2D eigenvalue weighted by Crippen LogP contribution is 2.19. The van der Waals surface area contributed by atoms with Crippen LogP contribution in [0.1, 0.15) is 18.9 Å². The van der Waals surface area contributed by atoms with Crippen LogP contribution in [0.3, 0.4) is 0 Å². The number of hydrogen-bond acceptors (Lipinski definition) is 2. The molecule has 1 saturated heterocycles. The third-order valence-electron chi connectivity index (χ3n) is 3.66. The fourth-order valence-corrected chi connectivity index (χ4v) is 2.87. The average Bonchev–Trinajstić information content (AvgIpc) is 2.99. The lowest BCUT2D eigenvalue weighted by Crippen LogP contribution is -2.41. The highest BCUT2D eigenvalue weighted by Gasteiger charge is 2.19. The lowest BCUT2D eigenvalue weighted by Gasteiger charge is -2.24. The number of rotatable bonds is 5. The van der Waals surface area contributed by atoms with E-state index in [1.54, 1.807) is 6.07 Å². The summed E-state index contributed by atoms with van der Waals surface area (Å²) in [7, 11) is 2.03. The van der Waals surface area contributed by atoms with E-state index < -0.39 is 0 Å². The van der Waals surface area contributed by atoms with E-state index in [1.165, 1.54) is 12.1 Å². The molecule has 0 aromatic heterocycles. The first-order valence-electron chi connectivity index (χ1n) is 7.61.